The average molecular weight is 520 g/mol. The molecular formula is C23H41N3O10. The average Bonchev–Trinajstić information content (AvgIpc) is 3.17. The van der Waals surface area contributed by atoms with E-state index in [2.05, 4.69) is 10.6 Å². The first kappa shape index (κ1) is 30.4. The first-order valence-electron chi connectivity index (χ1n) is 12.2. The quantitative estimate of drug-likeness (QED) is 0.158. The monoisotopic (exact) mass is 519 g/mol. The fourth-order valence-electron chi connectivity index (χ4n) is 4.35. The molecule has 6 N–H and O–H groups in total. The summed E-state index contributed by atoms with van der Waals surface area (Å²) in [7, 11) is 1.33. The number of hydrogen-bond donors (Lipinski definition) is 6. The molecule has 8 atom stereocenters. The molecule has 36 heavy (non-hydrogen) atoms. The minimum atomic E-state index is -1.37. The molecule has 0 spiro atoms. The zero-order chi connectivity index (χ0) is 27.2. The van der Waals surface area contributed by atoms with Crippen LogP contribution in [0.25, 0.3) is 0 Å². The van der Waals surface area contributed by atoms with E-state index in [1.54, 1.807) is 27.7 Å². The number of carbonyl (C=O) groups excluding carboxylic acids is 3. The molecule has 0 aromatic rings. The van der Waals surface area contributed by atoms with Crippen molar-refractivity contribution in [2.45, 2.75) is 101 Å². The van der Waals surface area contributed by atoms with E-state index < -0.39 is 54.7 Å². The molecule has 13 heteroatoms. The molecule has 2 rings (SSSR count). The Morgan fingerprint density at radius 1 is 0.750 bits per heavy atom. The lowest BCUT2D eigenvalue weighted by Gasteiger charge is -2.30. The predicted molar refractivity (Wildman–Crippen MR) is 126 cm³/mol. The highest BCUT2D eigenvalue weighted by Gasteiger charge is 2.47. The van der Waals surface area contributed by atoms with Crippen LogP contribution in [0.15, 0.2) is 0 Å². The topological polar surface area (TPSA) is 187 Å². The normalized spacial score (nSPS) is 32.2. The summed E-state index contributed by atoms with van der Waals surface area (Å²) in [5.41, 5.74) is 0. The van der Waals surface area contributed by atoms with Crippen molar-refractivity contribution in [1.29, 1.82) is 0 Å². The largest absolute Gasteiger partial charge is 0.388 e. The van der Waals surface area contributed by atoms with E-state index in [4.69, 9.17) is 14.2 Å². The maximum absolute atomic E-state index is 12.7. The maximum atomic E-state index is 12.7. The molecule has 0 aromatic heterocycles. The van der Waals surface area contributed by atoms with E-state index in [0.717, 1.165) is 0 Å². The molecule has 2 aliphatic rings. The van der Waals surface area contributed by atoms with Gasteiger partial charge in [-0.05, 0) is 27.7 Å². The Hall–Kier alpha value is -1.87. The van der Waals surface area contributed by atoms with Crippen molar-refractivity contribution in [3.63, 3.8) is 0 Å². The highest BCUT2D eigenvalue weighted by Crippen LogP contribution is 2.27. The van der Waals surface area contributed by atoms with Crippen LogP contribution in [0.1, 0.15) is 40.5 Å². The number of amides is 3. The molecule has 2 heterocycles. The molecule has 3 amide bonds. The Morgan fingerprint density at radius 2 is 1.11 bits per heavy atom. The minimum absolute atomic E-state index is 0.104. The van der Waals surface area contributed by atoms with Crippen LogP contribution in [0.3, 0.4) is 0 Å². The number of nitrogens with zero attached hydrogens (tertiary/aromatic N) is 1. The second-order valence-electron chi connectivity index (χ2n) is 9.97. The molecule has 8 unspecified atom stereocenters. The molecule has 0 saturated carbocycles. The summed E-state index contributed by atoms with van der Waals surface area (Å²) in [5.74, 6) is -1.20. The van der Waals surface area contributed by atoms with Gasteiger partial charge in [-0.1, -0.05) is 0 Å². The summed E-state index contributed by atoms with van der Waals surface area (Å²) in [6, 6.07) is -0.209. The van der Waals surface area contributed by atoms with Crippen LogP contribution in [0.4, 0.5) is 0 Å². The van der Waals surface area contributed by atoms with Crippen molar-refractivity contribution in [3.8, 4) is 0 Å². The van der Waals surface area contributed by atoms with E-state index >= 15 is 0 Å². The molecule has 208 valence electrons. The SMILES string of the molecule is COCC(=O)N(CC1OC(CC(=O)NC(C)C)C(O)C1O)CC1OC(CC(=O)NC(C)C)C(O)C1O. The van der Waals surface area contributed by atoms with E-state index in [1.807, 2.05) is 0 Å². The number of nitrogens with one attached hydrogen (secondary N) is 2. The maximum Gasteiger partial charge on any atom is 0.248 e. The van der Waals surface area contributed by atoms with Crippen LogP contribution < -0.4 is 10.6 Å². The van der Waals surface area contributed by atoms with Crippen molar-refractivity contribution >= 4 is 17.7 Å². The Balaban J connectivity index is 2.06. The molecular weight excluding hydrogens is 478 g/mol. The van der Waals surface area contributed by atoms with Gasteiger partial charge in [-0.3, -0.25) is 14.4 Å². The van der Waals surface area contributed by atoms with Gasteiger partial charge < -0.3 is 50.2 Å². The van der Waals surface area contributed by atoms with Crippen molar-refractivity contribution in [1.82, 2.24) is 15.5 Å². The van der Waals surface area contributed by atoms with Crippen LogP contribution in [0.5, 0.6) is 0 Å². The lowest BCUT2D eigenvalue weighted by Crippen LogP contribution is -2.49. The summed E-state index contributed by atoms with van der Waals surface area (Å²) in [6.45, 7) is 6.47. The predicted octanol–water partition coefficient (Wildman–Crippen LogP) is -2.73. The fourth-order valence-corrected chi connectivity index (χ4v) is 4.35. The molecule has 2 fully saturated rings. The Labute approximate surface area is 211 Å². The third-order valence-electron chi connectivity index (χ3n) is 6.02. The van der Waals surface area contributed by atoms with Crippen LogP contribution in [0.2, 0.25) is 0 Å². The minimum Gasteiger partial charge on any atom is -0.388 e. The number of rotatable bonds is 12. The van der Waals surface area contributed by atoms with Crippen LogP contribution in [0, 0.1) is 0 Å². The number of ether oxygens (including phenoxy) is 3. The molecule has 2 saturated heterocycles. The van der Waals surface area contributed by atoms with Crippen molar-refractivity contribution in [3.05, 3.63) is 0 Å². The van der Waals surface area contributed by atoms with Crippen molar-refractivity contribution in [2.75, 3.05) is 26.8 Å². The van der Waals surface area contributed by atoms with E-state index in [9.17, 15) is 34.8 Å². The summed E-state index contributed by atoms with van der Waals surface area (Å²) in [4.78, 5) is 38.1. The van der Waals surface area contributed by atoms with Gasteiger partial charge in [0, 0.05) is 32.3 Å². The Kier molecular flexibility index (Phi) is 11.5. The molecule has 13 nitrogen and oxygen atoms in total. The van der Waals surface area contributed by atoms with Gasteiger partial charge in [0.1, 0.15) is 43.2 Å². The van der Waals surface area contributed by atoms with Gasteiger partial charge in [0.2, 0.25) is 17.7 Å². The highest BCUT2D eigenvalue weighted by molar-refractivity contribution is 5.78. The van der Waals surface area contributed by atoms with Gasteiger partial charge in [0.05, 0.1) is 25.0 Å². The molecule has 2 aliphatic heterocycles. The van der Waals surface area contributed by atoms with Gasteiger partial charge in [0.15, 0.2) is 0 Å². The summed E-state index contributed by atoms with van der Waals surface area (Å²) in [5, 5.41) is 47.2. The van der Waals surface area contributed by atoms with E-state index in [-0.39, 0.29) is 56.4 Å². The Morgan fingerprint density at radius 3 is 1.44 bits per heavy atom. The fraction of sp³-hybridized carbons (Fsp3) is 0.870. The number of carbonyl (C=O) groups is 3. The van der Waals surface area contributed by atoms with Crippen molar-refractivity contribution in [2.24, 2.45) is 0 Å². The summed E-state index contributed by atoms with van der Waals surface area (Å²) < 4.78 is 16.4. The van der Waals surface area contributed by atoms with Gasteiger partial charge in [-0.2, -0.15) is 0 Å². The lowest BCUT2D eigenvalue weighted by molar-refractivity contribution is -0.142. The van der Waals surface area contributed by atoms with Gasteiger partial charge >= 0.3 is 0 Å². The summed E-state index contributed by atoms with van der Waals surface area (Å²) in [6.07, 6.45) is -9.74. The zero-order valence-corrected chi connectivity index (χ0v) is 21.5. The lowest BCUT2D eigenvalue weighted by atomic mass is 10.0. The Bertz CT molecular complexity index is 700. The molecule has 0 radical (unpaired) electrons. The van der Waals surface area contributed by atoms with Crippen LogP contribution in [-0.2, 0) is 28.6 Å². The van der Waals surface area contributed by atoms with E-state index in [0.29, 0.717) is 0 Å². The number of aliphatic hydroxyl groups is 4. The standard InChI is InChI=1S/C23H41N3O10/c1-11(2)24-17(27)6-13-20(30)22(32)15(35-13)8-26(19(29)10-34-5)9-16-23(33)21(31)14(36-16)7-18(28)25-12(3)4/h11-16,20-23,30-33H,6-10H2,1-5H3,(H,24,27)(H,25,28). The van der Waals surface area contributed by atoms with Gasteiger partial charge in [-0.15, -0.1) is 0 Å². The van der Waals surface area contributed by atoms with Crippen LogP contribution in [-0.4, -0.2) is 131 Å². The van der Waals surface area contributed by atoms with E-state index in [1.165, 1.54) is 12.0 Å². The number of hydrogen-bond acceptors (Lipinski definition) is 10. The highest BCUT2D eigenvalue weighted by atomic mass is 16.6. The van der Waals surface area contributed by atoms with Gasteiger partial charge in [-0.25, -0.2) is 0 Å². The zero-order valence-electron chi connectivity index (χ0n) is 21.5. The van der Waals surface area contributed by atoms with Crippen molar-refractivity contribution < 1.29 is 49.0 Å². The van der Waals surface area contributed by atoms with Gasteiger partial charge in [0.25, 0.3) is 0 Å². The molecule has 0 bridgehead atoms. The molecule has 0 aliphatic carbocycles. The second kappa shape index (κ2) is 13.6. The molecule has 0 aromatic carbocycles. The number of methoxy groups -OCH3 is 1. The van der Waals surface area contributed by atoms with Crippen LogP contribution >= 0.6 is 0 Å². The first-order valence-corrected chi connectivity index (χ1v) is 12.2. The first-order chi connectivity index (χ1) is 16.8. The smallest absolute Gasteiger partial charge is 0.248 e. The third kappa shape index (κ3) is 8.33. The summed E-state index contributed by atoms with van der Waals surface area (Å²) >= 11 is 0. The second-order valence-corrected chi connectivity index (χ2v) is 9.97. The third-order valence-corrected chi connectivity index (χ3v) is 6.02. The number of aliphatic hydroxyl groups excluding tert-OH is 4.